The van der Waals surface area contributed by atoms with Gasteiger partial charge in [-0.05, 0) is 51.0 Å². The minimum absolute atomic E-state index is 0.129. The van der Waals surface area contributed by atoms with E-state index in [-0.39, 0.29) is 12.7 Å². The number of hydrogen-bond acceptors (Lipinski definition) is 4. The van der Waals surface area contributed by atoms with Gasteiger partial charge in [0.1, 0.15) is 0 Å². The van der Waals surface area contributed by atoms with Crippen molar-refractivity contribution in [3.05, 3.63) is 77.6 Å². The maximum absolute atomic E-state index is 12.4. The highest BCUT2D eigenvalue weighted by Crippen LogP contribution is 2.32. The Balaban J connectivity index is 1.47. The Morgan fingerprint density at radius 1 is 1.12 bits per heavy atom. The van der Waals surface area contributed by atoms with Crippen molar-refractivity contribution in [3.63, 3.8) is 0 Å². The van der Waals surface area contributed by atoms with E-state index in [1.54, 1.807) is 0 Å². The molecule has 3 heterocycles. The zero-order chi connectivity index (χ0) is 23.0. The molecular weight excluding hydrogens is 412 g/mol. The molecule has 0 bridgehead atoms. The molecule has 0 saturated heterocycles. The predicted octanol–water partition coefficient (Wildman–Crippen LogP) is 5.14. The summed E-state index contributed by atoms with van der Waals surface area (Å²) in [7, 11) is 0. The topological polar surface area (TPSA) is 63.2 Å². The van der Waals surface area contributed by atoms with E-state index in [9.17, 15) is 4.79 Å². The average Bonchev–Trinajstić information content (AvgIpc) is 3.41. The van der Waals surface area contributed by atoms with Crippen LogP contribution in [0.1, 0.15) is 37.6 Å². The molecule has 0 amide bonds. The van der Waals surface area contributed by atoms with Crippen molar-refractivity contribution >= 4 is 16.9 Å². The molecule has 5 rings (SSSR count). The van der Waals surface area contributed by atoms with Gasteiger partial charge in [0.25, 0.3) is 0 Å². The number of carbonyl (C=O) groups excluding carboxylic acids is 1. The number of ether oxygens (including phenoxy) is 1. The number of fused-ring (bicyclic) bond motifs is 2. The van der Waals surface area contributed by atoms with Gasteiger partial charge in [0, 0.05) is 47.9 Å². The van der Waals surface area contributed by atoms with Gasteiger partial charge in [-0.3, -0.25) is 9.69 Å². The molecule has 0 unspecified atom stereocenters. The van der Waals surface area contributed by atoms with Gasteiger partial charge in [0.15, 0.2) is 6.73 Å². The van der Waals surface area contributed by atoms with E-state index >= 15 is 0 Å². The van der Waals surface area contributed by atoms with Gasteiger partial charge < -0.3 is 9.72 Å². The molecule has 2 aromatic carbocycles. The molecule has 6 nitrogen and oxygen atoms in total. The third-order valence-corrected chi connectivity index (χ3v) is 6.22. The van der Waals surface area contributed by atoms with Crippen LogP contribution in [0.5, 0.6) is 0 Å². The second kappa shape index (κ2) is 8.52. The third kappa shape index (κ3) is 4.44. The number of carbonyl (C=O) groups is 1. The molecule has 6 heteroatoms. The van der Waals surface area contributed by atoms with E-state index in [1.807, 2.05) is 37.7 Å². The maximum Gasteiger partial charge on any atom is 0.313 e. The number of H-pyrrole nitrogens is 1. The molecule has 2 aromatic heterocycles. The molecule has 0 fully saturated rings. The van der Waals surface area contributed by atoms with Crippen molar-refractivity contribution in [2.45, 2.75) is 47.0 Å². The molecule has 0 radical (unpaired) electrons. The summed E-state index contributed by atoms with van der Waals surface area (Å²) in [6.07, 6.45) is 2.87. The van der Waals surface area contributed by atoms with Crippen molar-refractivity contribution in [2.24, 2.45) is 5.41 Å². The first-order valence-corrected chi connectivity index (χ1v) is 11.5. The lowest BCUT2D eigenvalue weighted by Gasteiger charge is -2.28. The van der Waals surface area contributed by atoms with Crippen LogP contribution in [0.15, 0.2) is 60.8 Å². The van der Waals surface area contributed by atoms with Crippen molar-refractivity contribution in [1.82, 2.24) is 19.7 Å². The van der Waals surface area contributed by atoms with E-state index in [1.165, 1.54) is 11.1 Å². The minimum Gasteiger partial charge on any atom is -0.442 e. The van der Waals surface area contributed by atoms with E-state index in [0.717, 1.165) is 53.9 Å². The van der Waals surface area contributed by atoms with Gasteiger partial charge in [-0.2, -0.15) is 5.10 Å². The summed E-state index contributed by atoms with van der Waals surface area (Å²) in [6.45, 7) is 8.36. The second-order valence-electron chi connectivity index (χ2n) is 9.81. The Labute approximate surface area is 194 Å². The Morgan fingerprint density at radius 2 is 1.94 bits per heavy atom. The SMILES string of the molecule is CC(C)(C)C(=O)OCn1nc(-c2ccc3[nH]ccc3c2)c2c1CN(Cc1ccccc1)CC2. The van der Waals surface area contributed by atoms with Crippen molar-refractivity contribution in [3.8, 4) is 11.3 Å². The first-order valence-electron chi connectivity index (χ1n) is 11.5. The third-order valence-electron chi connectivity index (χ3n) is 6.22. The van der Waals surface area contributed by atoms with Gasteiger partial charge in [-0.25, -0.2) is 4.68 Å². The van der Waals surface area contributed by atoms with E-state index in [2.05, 4.69) is 58.4 Å². The van der Waals surface area contributed by atoms with Gasteiger partial charge in [-0.15, -0.1) is 0 Å². The molecule has 4 aromatic rings. The number of nitrogens with zero attached hydrogens (tertiary/aromatic N) is 3. The molecule has 0 spiro atoms. The van der Waals surface area contributed by atoms with Crippen LogP contribution >= 0.6 is 0 Å². The van der Waals surface area contributed by atoms with Crippen LogP contribution in [0.25, 0.3) is 22.2 Å². The van der Waals surface area contributed by atoms with Gasteiger partial charge in [-0.1, -0.05) is 36.4 Å². The lowest BCUT2D eigenvalue weighted by atomic mass is 9.97. The normalized spacial score (nSPS) is 14.4. The molecule has 1 N–H and O–H groups in total. The van der Waals surface area contributed by atoms with Crippen molar-refractivity contribution < 1.29 is 9.53 Å². The first-order chi connectivity index (χ1) is 15.9. The maximum atomic E-state index is 12.4. The van der Waals surface area contributed by atoms with Gasteiger partial charge in [0.2, 0.25) is 0 Å². The zero-order valence-electron chi connectivity index (χ0n) is 19.5. The fraction of sp³-hybridized carbons (Fsp3) is 0.333. The summed E-state index contributed by atoms with van der Waals surface area (Å²) in [6, 6.07) is 19.0. The number of nitrogens with one attached hydrogen (secondary N) is 1. The van der Waals surface area contributed by atoms with Crippen molar-refractivity contribution in [1.29, 1.82) is 0 Å². The second-order valence-corrected chi connectivity index (χ2v) is 9.81. The molecule has 0 atom stereocenters. The Bertz CT molecular complexity index is 1280. The molecular formula is C27H30N4O2. The molecule has 1 aliphatic rings. The standard InChI is InChI=1S/C27H30N4O2/c1-27(2,3)26(32)33-18-31-24-17-30(16-19-7-5-4-6-8-19)14-12-22(24)25(29-31)21-9-10-23-20(15-21)11-13-28-23/h4-11,13,15,28H,12,14,16-18H2,1-3H3. The molecule has 170 valence electrons. The lowest BCUT2D eigenvalue weighted by molar-refractivity contribution is -0.157. The number of aromatic nitrogens is 3. The minimum atomic E-state index is -0.547. The van der Waals surface area contributed by atoms with Crippen molar-refractivity contribution in [2.75, 3.05) is 6.54 Å². The highest BCUT2D eigenvalue weighted by atomic mass is 16.5. The fourth-order valence-corrected chi connectivity index (χ4v) is 4.39. The van der Waals surface area contributed by atoms with E-state index in [4.69, 9.17) is 9.84 Å². The monoisotopic (exact) mass is 442 g/mol. The van der Waals surface area contributed by atoms with Crippen LogP contribution in [-0.4, -0.2) is 32.2 Å². The van der Waals surface area contributed by atoms with Crippen LogP contribution in [0.4, 0.5) is 0 Å². The molecule has 33 heavy (non-hydrogen) atoms. The Hall–Kier alpha value is -3.38. The van der Waals surface area contributed by atoms with Crippen LogP contribution in [0.3, 0.4) is 0 Å². The number of benzene rings is 2. The predicted molar refractivity (Wildman–Crippen MR) is 129 cm³/mol. The largest absolute Gasteiger partial charge is 0.442 e. The summed E-state index contributed by atoms with van der Waals surface area (Å²) in [5, 5.41) is 6.11. The molecule has 1 aliphatic heterocycles. The quantitative estimate of drug-likeness (QED) is 0.435. The number of aromatic amines is 1. The highest BCUT2D eigenvalue weighted by Gasteiger charge is 2.28. The molecule has 0 saturated carbocycles. The average molecular weight is 443 g/mol. The lowest BCUT2D eigenvalue weighted by Crippen LogP contribution is -2.32. The summed E-state index contributed by atoms with van der Waals surface area (Å²) < 4.78 is 7.54. The van der Waals surface area contributed by atoms with Gasteiger partial charge >= 0.3 is 5.97 Å². The van der Waals surface area contributed by atoms with E-state index < -0.39 is 5.41 Å². The van der Waals surface area contributed by atoms with E-state index in [0.29, 0.717) is 0 Å². The summed E-state index contributed by atoms with van der Waals surface area (Å²) in [5.41, 5.74) is 6.32. The van der Waals surface area contributed by atoms with Crippen LogP contribution in [-0.2, 0) is 35.8 Å². The first kappa shape index (κ1) is 21.5. The summed E-state index contributed by atoms with van der Waals surface area (Å²) in [5.74, 6) is -0.223. The summed E-state index contributed by atoms with van der Waals surface area (Å²) >= 11 is 0. The Kier molecular flexibility index (Phi) is 5.54. The van der Waals surface area contributed by atoms with Gasteiger partial charge in [0.05, 0.1) is 16.8 Å². The fourth-order valence-electron chi connectivity index (χ4n) is 4.39. The Morgan fingerprint density at radius 3 is 2.73 bits per heavy atom. The molecule has 0 aliphatic carbocycles. The highest BCUT2D eigenvalue weighted by molar-refractivity contribution is 5.85. The zero-order valence-corrected chi connectivity index (χ0v) is 19.5. The van der Waals surface area contributed by atoms with Crippen LogP contribution in [0.2, 0.25) is 0 Å². The smallest absolute Gasteiger partial charge is 0.313 e. The number of esters is 1. The summed E-state index contributed by atoms with van der Waals surface area (Å²) in [4.78, 5) is 18.1. The van der Waals surface area contributed by atoms with Crippen LogP contribution < -0.4 is 0 Å². The van der Waals surface area contributed by atoms with Crippen LogP contribution in [0, 0.1) is 5.41 Å². The number of rotatable bonds is 5. The number of hydrogen-bond donors (Lipinski definition) is 1.